The van der Waals surface area contributed by atoms with Crippen LogP contribution in [0.2, 0.25) is 0 Å². The van der Waals surface area contributed by atoms with Crippen LogP contribution in [0.4, 0.5) is 0 Å². The van der Waals surface area contributed by atoms with E-state index < -0.39 is 5.79 Å². The molecular formula is C28H24IO3S-. The van der Waals surface area contributed by atoms with Gasteiger partial charge in [-0.1, -0.05) is 18.2 Å². The van der Waals surface area contributed by atoms with Gasteiger partial charge in [0.15, 0.2) is 0 Å². The zero-order valence-electron chi connectivity index (χ0n) is 17.9. The third kappa shape index (κ3) is 5.18. The standard InChI is InChI=1S/C28H24IO3S/c30-19-25-20-31-28(32-25,21-7-3-1-4-8-21)22-11-15-26(16-12-22)33-27-17-13-24(14-18-27)29-23-9-5-2-6-10-23/h1-18,25,30H,19-20H2/q-1. The summed E-state index contributed by atoms with van der Waals surface area (Å²) in [7, 11) is 0. The molecule has 1 N–H and O–H groups in total. The maximum atomic E-state index is 9.60. The molecule has 0 saturated carbocycles. The molecule has 5 heteroatoms. The fourth-order valence-corrected chi connectivity index (χ4v) is 6.81. The molecule has 4 aromatic rings. The summed E-state index contributed by atoms with van der Waals surface area (Å²) >= 11 is 1.60. The molecule has 1 aliphatic rings. The number of aliphatic hydroxyl groups excluding tert-OH is 1. The molecule has 0 aliphatic carbocycles. The van der Waals surface area contributed by atoms with Crippen LogP contribution >= 0.6 is 11.8 Å². The van der Waals surface area contributed by atoms with Crippen molar-refractivity contribution in [3.63, 3.8) is 0 Å². The van der Waals surface area contributed by atoms with Gasteiger partial charge in [0.1, 0.15) is 0 Å². The minimum absolute atomic E-state index is 0.0644. The van der Waals surface area contributed by atoms with Gasteiger partial charge in [-0.3, -0.25) is 0 Å². The van der Waals surface area contributed by atoms with E-state index in [9.17, 15) is 5.11 Å². The van der Waals surface area contributed by atoms with Crippen LogP contribution in [0.3, 0.4) is 0 Å². The molecule has 168 valence electrons. The van der Waals surface area contributed by atoms with Gasteiger partial charge in [-0.25, -0.2) is 0 Å². The summed E-state index contributed by atoms with van der Waals surface area (Å²) in [6.45, 7) is 0.297. The first kappa shape index (κ1) is 22.6. The maximum absolute atomic E-state index is 9.60. The third-order valence-electron chi connectivity index (χ3n) is 5.40. The van der Waals surface area contributed by atoms with Crippen molar-refractivity contribution in [2.45, 2.75) is 21.7 Å². The number of hydrogen-bond acceptors (Lipinski definition) is 4. The molecule has 33 heavy (non-hydrogen) atoms. The molecule has 1 heterocycles. The Hall–Kier alpha value is -2.16. The summed E-state index contributed by atoms with van der Waals surface area (Å²) in [6.07, 6.45) is -0.337. The summed E-state index contributed by atoms with van der Waals surface area (Å²) in [4.78, 5) is 2.37. The topological polar surface area (TPSA) is 38.7 Å². The van der Waals surface area contributed by atoms with Crippen LogP contribution in [-0.4, -0.2) is 24.4 Å². The van der Waals surface area contributed by atoms with E-state index >= 15 is 0 Å². The fraction of sp³-hybridized carbons (Fsp3) is 0.143. The molecule has 0 aromatic heterocycles. The Morgan fingerprint density at radius 1 is 0.727 bits per heavy atom. The molecule has 1 fully saturated rings. The van der Waals surface area contributed by atoms with E-state index in [-0.39, 0.29) is 33.9 Å². The summed E-state index contributed by atoms with van der Waals surface area (Å²) in [5, 5.41) is 9.60. The average Bonchev–Trinajstić information content (AvgIpc) is 3.33. The molecule has 2 atom stereocenters. The number of rotatable bonds is 7. The molecule has 1 aliphatic heterocycles. The first-order chi connectivity index (χ1) is 16.2. The van der Waals surface area contributed by atoms with E-state index in [2.05, 4.69) is 78.9 Å². The van der Waals surface area contributed by atoms with Gasteiger partial charge >= 0.3 is 180 Å². The number of aliphatic hydroxyl groups is 1. The van der Waals surface area contributed by atoms with E-state index in [0.29, 0.717) is 6.61 Å². The Kier molecular flexibility index (Phi) is 7.13. The molecule has 0 spiro atoms. The molecule has 0 radical (unpaired) electrons. The van der Waals surface area contributed by atoms with Gasteiger partial charge < -0.3 is 5.11 Å². The van der Waals surface area contributed by atoms with Crippen molar-refractivity contribution in [2.75, 3.05) is 13.2 Å². The zero-order chi connectivity index (χ0) is 22.5. The Balaban J connectivity index is 1.32. The Morgan fingerprint density at radius 3 is 1.88 bits per heavy atom. The quantitative estimate of drug-likeness (QED) is 0.349. The van der Waals surface area contributed by atoms with Crippen LogP contribution < -0.4 is 21.2 Å². The van der Waals surface area contributed by atoms with Crippen LogP contribution in [-0.2, 0) is 15.3 Å². The van der Waals surface area contributed by atoms with Crippen LogP contribution in [0.25, 0.3) is 0 Å². The van der Waals surface area contributed by atoms with Gasteiger partial charge in [0.25, 0.3) is 0 Å². The van der Waals surface area contributed by atoms with Crippen molar-refractivity contribution in [1.82, 2.24) is 0 Å². The predicted octanol–water partition coefficient (Wildman–Crippen LogP) is 2.58. The van der Waals surface area contributed by atoms with E-state index in [1.807, 2.05) is 30.3 Å². The molecular weight excluding hydrogens is 543 g/mol. The number of hydrogen-bond donors (Lipinski definition) is 1. The molecule has 5 rings (SSSR count). The third-order valence-corrected chi connectivity index (χ3v) is 9.10. The first-order valence-corrected chi connectivity index (χ1v) is 13.8. The molecule has 3 nitrogen and oxygen atoms in total. The fourth-order valence-electron chi connectivity index (χ4n) is 3.78. The van der Waals surface area contributed by atoms with Crippen LogP contribution in [0, 0.1) is 7.14 Å². The first-order valence-electron chi connectivity index (χ1n) is 10.8. The van der Waals surface area contributed by atoms with Crippen LogP contribution in [0.1, 0.15) is 11.1 Å². The number of ether oxygens (including phenoxy) is 2. The van der Waals surface area contributed by atoms with Crippen LogP contribution in [0.5, 0.6) is 0 Å². The van der Waals surface area contributed by atoms with Crippen molar-refractivity contribution in [2.24, 2.45) is 0 Å². The van der Waals surface area contributed by atoms with E-state index in [1.165, 1.54) is 12.0 Å². The molecule has 0 amide bonds. The SMILES string of the molecule is OCC1COC(c2ccccc2)(c2ccc(Sc3ccc([I-]c4ccccc4)cc3)cc2)O1. The van der Waals surface area contributed by atoms with Crippen LogP contribution in [0.15, 0.2) is 119 Å². The predicted molar refractivity (Wildman–Crippen MR) is 126 cm³/mol. The van der Waals surface area contributed by atoms with Gasteiger partial charge in [-0.05, 0) is 0 Å². The van der Waals surface area contributed by atoms with Crippen molar-refractivity contribution >= 4 is 11.8 Å². The summed E-state index contributed by atoms with van der Waals surface area (Å²) in [5.74, 6) is -0.986. The van der Waals surface area contributed by atoms with Crippen molar-refractivity contribution in [3.8, 4) is 0 Å². The second-order valence-electron chi connectivity index (χ2n) is 7.69. The molecule has 2 unspecified atom stereocenters. The second-order valence-corrected chi connectivity index (χ2v) is 11.9. The monoisotopic (exact) mass is 567 g/mol. The molecule has 0 bridgehead atoms. The second kappa shape index (κ2) is 10.4. The van der Waals surface area contributed by atoms with Gasteiger partial charge in [0.05, 0.1) is 6.61 Å². The average molecular weight is 567 g/mol. The minimum atomic E-state index is -0.986. The Morgan fingerprint density at radius 2 is 1.27 bits per heavy atom. The summed E-state index contributed by atoms with van der Waals surface area (Å²) in [5.41, 5.74) is 1.86. The van der Waals surface area contributed by atoms with Gasteiger partial charge in [-0.15, -0.1) is 0 Å². The van der Waals surface area contributed by atoms with Gasteiger partial charge in [-0.2, -0.15) is 0 Å². The van der Waals surface area contributed by atoms with E-state index in [4.69, 9.17) is 9.47 Å². The van der Waals surface area contributed by atoms with Gasteiger partial charge in [0.2, 0.25) is 0 Å². The van der Waals surface area contributed by atoms with Crippen molar-refractivity contribution in [1.29, 1.82) is 0 Å². The molecule has 1 saturated heterocycles. The Labute approximate surface area is 209 Å². The normalized spacial score (nSPS) is 20.2. The number of benzene rings is 4. The summed E-state index contributed by atoms with van der Waals surface area (Å²) in [6, 6.07) is 37.9. The van der Waals surface area contributed by atoms with Gasteiger partial charge in [0, 0.05) is 0 Å². The summed E-state index contributed by atoms with van der Waals surface area (Å²) < 4.78 is 15.2. The van der Waals surface area contributed by atoms with E-state index in [0.717, 1.165) is 16.0 Å². The van der Waals surface area contributed by atoms with Crippen molar-refractivity contribution in [3.05, 3.63) is 127 Å². The van der Waals surface area contributed by atoms with Crippen molar-refractivity contribution < 1.29 is 35.8 Å². The molecule has 4 aromatic carbocycles. The number of halogens is 1. The van der Waals surface area contributed by atoms with E-state index in [1.54, 1.807) is 11.8 Å². The zero-order valence-corrected chi connectivity index (χ0v) is 20.9. The Bertz CT molecular complexity index is 1170.